The summed E-state index contributed by atoms with van der Waals surface area (Å²) in [4.78, 5) is 34.5. The molecule has 1 atom stereocenters. The number of hydrogen-bond acceptors (Lipinski definition) is 6. The molecular weight excluding hydrogens is 340 g/mol. The number of carbonyl (C=O) groups excluding carboxylic acids is 2. The summed E-state index contributed by atoms with van der Waals surface area (Å²) < 4.78 is 10.2. The minimum absolute atomic E-state index is 0.0275. The molecule has 0 unspecified atom stereocenters. The lowest BCUT2D eigenvalue weighted by atomic mass is 10.1. The second-order valence-corrected chi connectivity index (χ2v) is 5.42. The lowest BCUT2D eigenvalue weighted by Crippen LogP contribution is -2.30. The molecule has 2 aromatic rings. The van der Waals surface area contributed by atoms with Crippen LogP contribution in [0, 0.1) is 10.1 Å². The Morgan fingerprint density at radius 1 is 1.19 bits per heavy atom. The maximum absolute atomic E-state index is 12.1. The number of anilines is 1. The van der Waals surface area contributed by atoms with Gasteiger partial charge in [-0.2, -0.15) is 0 Å². The van der Waals surface area contributed by atoms with Crippen LogP contribution in [0.3, 0.4) is 0 Å². The van der Waals surface area contributed by atoms with E-state index in [0.717, 1.165) is 0 Å². The first-order valence-corrected chi connectivity index (χ1v) is 7.77. The van der Waals surface area contributed by atoms with Gasteiger partial charge in [0.2, 0.25) is 0 Å². The molecule has 0 heterocycles. The first kappa shape index (κ1) is 18.9. The first-order chi connectivity index (χ1) is 12.4. The molecule has 2 rings (SSSR count). The van der Waals surface area contributed by atoms with E-state index < -0.39 is 22.9 Å². The van der Waals surface area contributed by atoms with Crippen molar-refractivity contribution in [2.24, 2.45) is 0 Å². The van der Waals surface area contributed by atoms with Gasteiger partial charge in [-0.25, -0.2) is 0 Å². The predicted molar refractivity (Wildman–Crippen MR) is 94.0 cm³/mol. The molecule has 0 saturated carbocycles. The van der Waals surface area contributed by atoms with Gasteiger partial charge in [0.15, 0.2) is 6.10 Å². The number of methoxy groups -OCH3 is 1. The first-order valence-electron chi connectivity index (χ1n) is 7.77. The zero-order valence-corrected chi connectivity index (χ0v) is 14.3. The standard InChI is InChI=1S/C18H18N2O6/c1-12(18(22)19-15-8-3-4-9-16(15)20(23)24)26-17(21)11-13-6-5-7-14(10-13)25-2/h3-10,12H,11H2,1-2H3,(H,19,22)/t12-/m0/s1. The van der Waals surface area contributed by atoms with E-state index in [-0.39, 0.29) is 17.8 Å². The molecule has 2 aromatic carbocycles. The van der Waals surface area contributed by atoms with E-state index in [1.54, 1.807) is 30.3 Å². The molecule has 0 spiro atoms. The fraction of sp³-hybridized carbons (Fsp3) is 0.222. The SMILES string of the molecule is COc1cccc(CC(=O)O[C@@H](C)C(=O)Nc2ccccc2[N+](=O)[O-])c1. The van der Waals surface area contributed by atoms with Crippen LogP contribution in [0.1, 0.15) is 12.5 Å². The van der Waals surface area contributed by atoms with Crippen molar-refractivity contribution in [3.8, 4) is 5.75 Å². The highest BCUT2D eigenvalue weighted by atomic mass is 16.6. The van der Waals surface area contributed by atoms with Gasteiger partial charge in [-0.05, 0) is 30.7 Å². The smallest absolute Gasteiger partial charge is 0.311 e. The number of hydrogen-bond donors (Lipinski definition) is 1. The molecule has 8 nitrogen and oxygen atoms in total. The highest BCUT2D eigenvalue weighted by molar-refractivity contribution is 5.96. The third-order valence-corrected chi connectivity index (χ3v) is 3.52. The molecule has 1 N–H and O–H groups in total. The van der Waals surface area contributed by atoms with Crippen molar-refractivity contribution in [3.63, 3.8) is 0 Å². The molecule has 0 aromatic heterocycles. The minimum atomic E-state index is -1.10. The maximum Gasteiger partial charge on any atom is 0.311 e. The molecule has 0 aliphatic rings. The van der Waals surface area contributed by atoms with E-state index in [1.807, 2.05) is 0 Å². The number of nitro groups is 1. The van der Waals surface area contributed by atoms with E-state index in [4.69, 9.17) is 9.47 Å². The molecule has 8 heteroatoms. The van der Waals surface area contributed by atoms with Crippen LogP contribution >= 0.6 is 0 Å². The van der Waals surface area contributed by atoms with Crippen LogP contribution in [0.15, 0.2) is 48.5 Å². The van der Waals surface area contributed by atoms with E-state index in [1.165, 1.54) is 32.2 Å². The van der Waals surface area contributed by atoms with E-state index >= 15 is 0 Å². The molecule has 136 valence electrons. The summed E-state index contributed by atoms with van der Waals surface area (Å²) in [6.45, 7) is 1.40. The van der Waals surface area contributed by atoms with Gasteiger partial charge >= 0.3 is 5.97 Å². The number of nitrogens with one attached hydrogen (secondary N) is 1. The summed E-state index contributed by atoms with van der Waals surface area (Å²) in [5.74, 6) is -0.640. The minimum Gasteiger partial charge on any atom is -0.497 e. The lowest BCUT2D eigenvalue weighted by molar-refractivity contribution is -0.383. The molecule has 0 bridgehead atoms. The summed E-state index contributed by atoms with van der Waals surface area (Å²) >= 11 is 0. The van der Waals surface area contributed by atoms with E-state index in [2.05, 4.69) is 5.32 Å². The largest absolute Gasteiger partial charge is 0.497 e. The van der Waals surface area contributed by atoms with Gasteiger partial charge in [-0.15, -0.1) is 0 Å². The fourth-order valence-corrected chi connectivity index (χ4v) is 2.21. The zero-order chi connectivity index (χ0) is 19.1. The molecule has 0 aliphatic heterocycles. The van der Waals surface area contributed by atoms with Crippen LogP contribution in [0.4, 0.5) is 11.4 Å². The summed E-state index contributed by atoms with van der Waals surface area (Å²) in [7, 11) is 1.52. The summed E-state index contributed by atoms with van der Waals surface area (Å²) in [6, 6.07) is 12.6. The average molecular weight is 358 g/mol. The molecular formula is C18H18N2O6. The number of amides is 1. The Bertz CT molecular complexity index is 821. The van der Waals surface area contributed by atoms with Crippen LogP contribution < -0.4 is 10.1 Å². The van der Waals surface area contributed by atoms with Crippen molar-refractivity contribution < 1.29 is 24.0 Å². The highest BCUT2D eigenvalue weighted by Crippen LogP contribution is 2.23. The Hall–Kier alpha value is -3.42. The lowest BCUT2D eigenvalue weighted by Gasteiger charge is -2.14. The van der Waals surface area contributed by atoms with Crippen molar-refractivity contribution in [1.29, 1.82) is 0 Å². The third kappa shape index (κ3) is 5.04. The number of nitrogens with zero attached hydrogens (tertiary/aromatic N) is 1. The topological polar surface area (TPSA) is 108 Å². The third-order valence-electron chi connectivity index (χ3n) is 3.52. The Morgan fingerprint density at radius 2 is 1.92 bits per heavy atom. The molecule has 26 heavy (non-hydrogen) atoms. The Balaban J connectivity index is 1.96. The zero-order valence-electron chi connectivity index (χ0n) is 14.3. The Kier molecular flexibility index (Phi) is 6.26. The van der Waals surface area contributed by atoms with E-state index in [0.29, 0.717) is 11.3 Å². The van der Waals surface area contributed by atoms with Crippen molar-refractivity contribution in [2.75, 3.05) is 12.4 Å². The van der Waals surface area contributed by atoms with Gasteiger partial charge < -0.3 is 14.8 Å². The van der Waals surface area contributed by atoms with Crippen LogP contribution in [0.5, 0.6) is 5.75 Å². The van der Waals surface area contributed by atoms with Gasteiger partial charge in [0.25, 0.3) is 11.6 Å². The number of rotatable bonds is 7. The van der Waals surface area contributed by atoms with Crippen LogP contribution in [-0.2, 0) is 20.7 Å². The molecule has 0 radical (unpaired) electrons. The molecule has 0 fully saturated rings. The molecule has 1 amide bonds. The van der Waals surface area contributed by atoms with Crippen molar-refractivity contribution in [3.05, 3.63) is 64.2 Å². The average Bonchev–Trinajstić information content (AvgIpc) is 2.61. The van der Waals surface area contributed by atoms with Crippen molar-refractivity contribution in [2.45, 2.75) is 19.4 Å². The summed E-state index contributed by atoms with van der Waals surface area (Å²) in [5, 5.41) is 13.4. The normalized spacial score (nSPS) is 11.3. The fourth-order valence-electron chi connectivity index (χ4n) is 2.21. The Morgan fingerprint density at radius 3 is 2.62 bits per heavy atom. The van der Waals surface area contributed by atoms with Crippen molar-refractivity contribution in [1.82, 2.24) is 0 Å². The van der Waals surface area contributed by atoms with Crippen LogP contribution in [-0.4, -0.2) is 30.0 Å². The second-order valence-electron chi connectivity index (χ2n) is 5.42. The van der Waals surface area contributed by atoms with Gasteiger partial charge in [0.1, 0.15) is 11.4 Å². The van der Waals surface area contributed by atoms with Crippen LogP contribution in [0.25, 0.3) is 0 Å². The number of carbonyl (C=O) groups is 2. The Labute approximate surface area is 149 Å². The number of nitro benzene ring substituents is 1. The summed E-state index contributed by atoms with van der Waals surface area (Å²) in [6.07, 6.45) is -1.13. The number of ether oxygens (including phenoxy) is 2. The van der Waals surface area contributed by atoms with Crippen LogP contribution in [0.2, 0.25) is 0 Å². The second kappa shape index (κ2) is 8.61. The van der Waals surface area contributed by atoms with Gasteiger partial charge in [0.05, 0.1) is 18.5 Å². The quantitative estimate of drug-likeness (QED) is 0.463. The van der Waals surface area contributed by atoms with Gasteiger partial charge in [-0.3, -0.25) is 19.7 Å². The van der Waals surface area contributed by atoms with Gasteiger partial charge in [-0.1, -0.05) is 24.3 Å². The monoisotopic (exact) mass is 358 g/mol. The summed E-state index contributed by atoms with van der Waals surface area (Å²) in [5.41, 5.74) is 0.481. The van der Waals surface area contributed by atoms with Crippen molar-refractivity contribution >= 4 is 23.3 Å². The number of esters is 1. The highest BCUT2D eigenvalue weighted by Gasteiger charge is 2.21. The molecule has 0 saturated heterocycles. The van der Waals surface area contributed by atoms with E-state index in [9.17, 15) is 19.7 Å². The number of benzene rings is 2. The number of para-hydroxylation sites is 2. The van der Waals surface area contributed by atoms with Gasteiger partial charge in [0, 0.05) is 6.07 Å². The predicted octanol–water partition coefficient (Wildman–Crippen LogP) is 2.72. The molecule has 0 aliphatic carbocycles. The maximum atomic E-state index is 12.1.